The maximum Gasteiger partial charge on any atom is 0.345 e. The Morgan fingerprint density at radius 2 is 1.30 bits per heavy atom. The zero-order valence-electron chi connectivity index (χ0n) is 17.3. The topological polar surface area (TPSA) is 61.8 Å². The summed E-state index contributed by atoms with van der Waals surface area (Å²) in [7, 11) is 1.57. The normalized spacial score (nSPS) is 11.4. The van der Waals surface area contributed by atoms with Crippen LogP contribution in [0.1, 0.15) is 33.2 Å². The largest absolute Gasteiger partial charge is 0.497 e. The molecule has 0 N–H and O–H groups in total. The van der Waals surface area contributed by atoms with Crippen LogP contribution >= 0.6 is 0 Å². The first-order valence-electron chi connectivity index (χ1n) is 9.60. The molecule has 0 bridgehead atoms. The molecule has 5 heteroatoms. The van der Waals surface area contributed by atoms with Gasteiger partial charge in [0.2, 0.25) is 5.78 Å². The summed E-state index contributed by atoms with van der Waals surface area (Å²) < 4.78 is 16.1. The molecule has 0 aromatic heterocycles. The third-order valence-electron chi connectivity index (χ3n) is 4.62. The zero-order chi connectivity index (χ0) is 21.5. The Kier molecular flexibility index (Phi) is 6.86. The van der Waals surface area contributed by atoms with Gasteiger partial charge in [0.15, 0.2) is 12.7 Å². The van der Waals surface area contributed by atoms with Crippen LogP contribution in [0.3, 0.4) is 0 Å². The fraction of sp³-hybridized carbons (Fsp3) is 0.200. The second-order valence-electron chi connectivity index (χ2n) is 6.98. The average molecular weight is 404 g/mol. The molecule has 5 nitrogen and oxygen atoms in total. The molecule has 0 fully saturated rings. The van der Waals surface area contributed by atoms with Crippen molar-refractivity contribution in [3.05, 3.63) is 95.1 Å². The predicted molar refractivity (Wildman–Crippen MR) is 114 cm³/mol. The van der Waals surface area contributed by atoms with E-state index in [0.717, 1.165) is 11.1 Å². The lowest BCUT2D eigenvalue weighted by molar-refractivity contribution is -0.149. The molecule has 154 valence electrons. The van der Waals surface area contributed by atoms with Crippen molar-refractivity contribution in [2.24, 2.45) is 0 Å². The number of benzene rings is 3. The Bertz CT molecular complexity index is 989. The van der Waals surface area contributed by atoms with Crippen molar-refractivity contribution >= 4 is 11.8 Å². The van der Waals surface area contributed by atoms with Gasteiger partial charge in [-0.3, -0.25) is 4.79 Å². The van der Waals surface area contributed by atoms with E-state index in [9.17, 15) is 9.59 Å². The number of ketones is 1. The summed E-state index contributed by atoms with van der Waals surface area (Å²) >= 11 is 0. The number of hydrogen-bond acceptors (Lipinski definition) is 5. The van der Waals surface area contributed by atoms with Crippen molar-refractivity contribution in [1.82, 2.24) is 0 Å². The van der Waals surface area contributed by atoms with Crippen molar-refractivity contribution in [2.75, 3.05) is 13.7 Å². The minimum atomic E-state index is -1.04. The number of ether oxygens (including phenoxy) is 3. The zero-order valence-corrected chi connectivity index (χ0v) is 17.3. The first-order chi connectivity index (χ1) is 14.5. The van der Waals surface area contributed by atoms with Crippen LogP contribution < -0.4 is 9.47 Å². The molecule has 0 radical (unpaired) electrons. The summed E-state index contributed by atoms with van der Waals surface area (Å²) in [6, 6.07) is 21.4. The highest BCUT2D eigenvalue weighted by Gasteiger charge is 2.26. The maximum atomic E-state index is 13.1. The lowest BCUT2D eigenvalue weighted by Gasteiger charge is -2.18. The highest BCUT2D eigenvalue weighted by atomic mass is 16.6. The van der Waals surface area contributed by atoms with Gasteiger partial charge in [-0.15, -0.1) is 0 Å². The van der Waals surface area contributed by atoms with E-state index < -0.39 is 12.1 Å². The Morgan fingerprint density at radius 1 is 0.767 bits per heavy atom. The van der Waals surface area contributed by atoms with Gasteiger partial charge in [-0.05, 0) is 38.1 Å². The van der Waals surface area contributed by atoms with E-state index in [1.165, 1.54) is 0 Å². The number of aryl methyl sites for hydroxylation is 2. The van der Waals surface area contributed by atoms with E-state index in [-0.39, 0.29) is 12.4 Å². The van der Waals surface area contributed by atoms with E-state index in [1.54, 1.807) is 55.6 Å². The number of carbonyl (C=O) groups excluding carboxylic acids is 2. The van der Waals surface area contributed by atoms with Gasteiger partial charge in [0.1, 0.15) is 11.5 Å². The highest BCUT2D eigenvalue weighted by molar-refractivity contribution is 6.01. The maximum absolute atomic E-state index is 13.1. The first-order valence-corrected chi connectivity index (χ1v) is 9.60. The molecule has 3 aromatic carbocycles. The molecule has 0 spiro atoms. The second-order valence-corrected chi connectivity index (χ2v) is 6.98. The monoisotopic (exact) mass is 404 g/mol. The molecular formula is C25H24O5. The van der Waals surface area contributed by atoms with Gasteiger partial charge in [-0.25, -0.2) is 4.79 Å². The average Bonchev–Trinajstić information content (AvgIpc) is 2.77. The summed E-state index contributed by atoms with van der Waals surface area (Å²) in [6.07, 6.45) is -1.04. The quantitative estimate of drug-likeness (QED) is 0.396. The third kappa shape index (κ3) is 5.47. The molecule has 0 saturated carbocycles. The molecular weight excluding hydrogens is 380 g/mol. The van der Waals surface area contributed by atoms with Crippen LogP contribution in [0.2, 0.25) is 0 Å². The molecule has 0 unspecified atom stereocenters. The van der Waals surface area contributed by atoms with Gasteiger partial charge in [0.25, 0.3) is 0 Å². The molecule has 3 rings (SSSR count). The number of Topliss-reactive ketones (excluding diaryl/α,β-unsaturated/α-hetero) is 1. The first kappa shape index (κ1) is 21.1. The molecule has 0 heterocycles. The lowest BCUT2D eigenvalue weighted by Crippen LogP contribution is -2.23. The van der Waals surface area contributed by atoms with Crippen molar-refractivity contribution in [1.29, 1.82) is 0 Å². The number of methoxy groups -OCH3 is 1. The molecule has 0 aliphatic carbocycles. The van der Waals surface area contributed by atoms with Gasteiger partial charge >= 0.3 is 5.97 Å². The number of carbonyl (C=O) groups is 2. The fourth-order valence-electron chi connectivity index (χ4n) is 2.86. The molecule has 3 aromatic rings. The van der Waals surface area contributed by atoms with Gasteiger partial charge in [-0.1, -0.05) is 59.7 Å². The van der Waals surface area contributed by atoms with Gasteiger partial charge in [-0.2, -0.15) is 0 Å². The summed E-state index contributed by atoms with van der Waals surface area (Å²) in [5.74, 6) is 0.283. The molecule has 0 saturated heterocycles. The SMILES string of the molecule is COc1ccc(OCC(=O)O[C@@H](C(=O)c2ccc(C)cc2)c2ccc(C)cc2)cc1. The van der Waals surface area contributed by atoms with Crippen LogP contribution in [0.25, 0.3) is 0 Å². The van der Waals surface area contributed by atoms with Crippen LogP contribution in [0, 0.1) is 13.8 Å². The standard InChI is InChI=1S/C25H24O5/c1-17-4-8-19(9-5-17)24(27)25(20-10-6-18(2)7-11-20)30-23(26)16-29-22-14-12-21(28-3)13-15-22/h4-15,25H,16H2,1-3H3/t25-/m1/s1. The minimum absolute atomic E-state index is 0.281. The molecule has 1 atom stereocenters. The second kappa shape index (κ2) is 9.74. The molecule has 0 amide bonds. The summed E-state index contributed by atoms with van der Waals surface area (Å²) in [4.78, 5) is 25.5. The Hall–Kier alpha value is -3.60. The van der Waals surface area contributed by atoms with Gasteiger partial charge in [0, 0.05) is 11.1 Å². The number of hydrogen-bond donors (Lipinski definition) is 0. The van der Waals surface area contributed by atoms with Crippen molar-refractivity contribution in [2.45, 2.75) is 20.0 Å². The van der Waals surface area contributed by atoms with Gasteiger partial charge < -0.3 is 14.2 Å². The van der Waals surface area contributed by atoms with Crippen LogP contribution in [0.5, 0.6) is 11.5 Å². The number of esters is 1. The number of rotatable bonds is 8. The summed E-state index contributed by atoms with van der Waals surface area (Å²) in [5.41, 5.74) is 3.19. The fourth-order valence-corrected chi connectivity index (χ4v) is 2.86. The van der Waals surface area contributed by atoms with Gasteiger partial charge in [0.05, 0.1) is 7.11 Å². The van der Waals surface area contributed by atoms with Crippen LogP contribution in [0.4, 0.5) is 0 Å². The Balaban J connectivity index is 1.74. The smallest absolute Gasteiger partial charge is 0.345 e. The minimum Gasteiger partial charge on any atom is -0.497 e. The van der Waals surface area contributed by atoms with Crippen molar-refractivity contribution < 1.29 is 23.8 Å². The summed E-state index contributed by atoms with van der Waals surface area (Å²) in [6.45, 7) is 3.59. The molecule has 0 aliphatic heterocycles. The van der Waals surface area contributed by atoms with E-state index in [4.69, 9.17) is 14.2 Å². The van der Waals surface area contributed by atoms with E-state index in [1.807, 2.05) is 38.1 Å². The summed E-state index contributed by atoms with van der Waals surface area (Å²) in [5, 5.41) is 0. The van der Waals surface area contributed by atoms with Crippen LogP contribution in [0.15, 0.2) is 72.8 Å². The Morgan fingerprint density at radius 3 is 1.87 bits per heavy atom. The van der Waals surface area contributed by atoms with Crippen molar-refractivity contribution in [3.63, 3.8) is 0 Å². The predicted octanol–water partition coefficient (Wildman–Crippen LogP) is 4.86. The molecule has 30 heavy (non-hydrogen) atoms. The van der Waals surface area contributed by atoms with Crippen molar-refractivity contribution in [3.8, 4) is 11.5 Å². The van der Waals surface area contributed by atoms with E-state index in [0.29, 0.717) is 22.6 Å². The lowest BCUT2D eigenvalue weighted by atomic mass is 9.98. The third-order valence-corrected chi connectivity index (χ3v) is 4.62. The highest BCUT2D eigenvalue weighted by Crippen LogP contribution is 2.24. The van der Waals surface area contributed by atoms with E-state index >= 15 is 0 Å². The van der Waals surface area contributed by atoms with Crippen LogP contribution in [-0.2, 0) is 9.53 Å². The van der Waals surface area contributed by atoms with Crippen LogP contribution in [-0.4, -0.2) is 25.5 Å². The molecule has 0 aliphatic rings. The Labute approximate surface area is 176 Å². The van der Waals surface area contributed by atoms with E-state index in [2.05, 4.69) is 0 Å².